The quantitative estimate of drug-likeness (QED) is 0.507. The van der Waals surface area contributed by atoms with Crippen LogP contribution in [0.1, 0.15) is 6.92 Å². The predicted molar refractivity (Wildman–Crippen MR) is 41.5 cm³/mol. The minimum atomic E-state index is -5.37. The van der Waals surface area contributed by atoms with Gasteiger partial charge >= 0.3 is 34.3 Å². The average Bonchev–Trinajstić information content (AvgIpc) is 2.13. The van der Waals surface area contributed by atoms with E-state index in [1.165, 1.54) is 0 Å². The third kappa shape index (κ3) is 7.59. The molecule has 115 valence electrons. The molecule has 0 bridgehead atoms. The lowest BCUT2D eigenvalue weighted by Crippen LogP contribution is -2.47. The fraction of sp³-hybridized carbons (Fsp3) is 1.00. The molecule has 0 fully saturated rings. The summed E-state index contributed by atoms with van der Waals surface area (Å²) in [4.78, 5) is 0. The highest BCUT2D eigenvalue weighted by molar-refractivity contribution is 6.36. The van der Waals surface area contributed by atoms with Gasteiger partial charge < -0.3 is 13.3 Å². The zero-order valence-corrected chi connectivity index (χ0v) is 9.91. The number of halogens is 9. The van der Waals surface area contributed by atoms with E-state index >= 15 is 0 Å². The van der Waals surface area contributed by atoms with Crippen LogP contribution in [0.4, 0.5) is 39.5 Å². The van der Waals surface area contributed by atoms with Crippen LogP contribution in [-0.4, -0.2) is 41.0 Å². The van der Waals surface area contributed by atoms with Crippen LogP contribution in [0, 0.1) is 0 Å². The lowest BCUT2D eigenvalue weighted by atomic mass is 10.7. The monoisotopic (exact) mass is 325 g/mol. The van der Waals surface area contributed by atoms with Gasteiger partial charge in [0.25, 0.3) is 0 Å². The molecule has 0 unspecified atom stereocenters. The van der Waals surface area contributed by atoms with Gasteiger partial charge in [-0.15, -0.1) is 0 Å². The molecule has 0 saturated heterocycles. The van der Waals surface area contributed by atoms with E-state index in [1.54, 1.807) is 0 Å². The van der Waals surface area contributed by atoms with E-state index in [9.17, 15) is 39.5 Å². The third-order valence-electron chi connectivity index (χ3n) is 1.12. The van der Waals surface area contributed by atoms with Crippen LogP contribution in [0.3, 0.4) is 0 Å². The molecule has 0 aromatic heterocycles. The molecule has 0 aliphatic heterocycles. The van der Waals surface area contributed by atoms with Gasteiger partial charge in [-0.25, -0.2) is 13.2 Å². The molecule has 0 saturated carbocycles. The van der Waals surface area contributed by atoms with Gasteiger partial charge in [0.05, 0.1) is 0 Å². The minimum absolute atomic E-state index is 0.0709. The molecule has 0 N–H and O–H groups in total. The zero-order valence-electron chi connectivity index (χ0n) is 8.91. The summed E-state index contributed by atoms with van der Waals surface area (Å²) >= 11 is 0. The van der Waals surface area contributed by atoms with Crippen LogP contribution in [0.25, 0.3) is 0 Å². The molecule has 0 aliphatic carbocycles. The number of hydrogen-bond donors (Lipinski definition) is 0. The fourth-order valence-corrected chi connectivity index (χ4v) is 1.54. The molecule has 0 amide bonds. The lowest BCUT2D eigenvalue weighted by Gasteiger charge is -2.25. The Balaban J connectivity index is 4.88. The first-order valence-corrected chi connectivity index (χ1v) is 5.43. The van der Waals surface area contributed by atoms with Crippen molar-refractivity contribution in [3.63, 3.8) is 0 Å². The maximum absolute atomic E-state index is 12.4. The van der Waals surface area contributed by atoms with Gasteiger partial charge in [0.2, 0.25) is 0 Å². The van der Waals surface area contributed by atoms with Gasteiger partial charge in [-0.1, -0.05) is 0 Å². The standard InChI is InChI=1S/C6H6F9O3Si/c1-4(10,11)16-19(17-5(12,13)2-7)18-6(14,15)3(8)9/h3H,2H2,1H3. The first kappa shape index (κ1) is 18.5. The lowest BCUT2D eigenvalue weighted by molar-refractivity contribution is -0.302. The van der Waals surface area contributed by atoms with Gasteiger partial charge in [-0.05, 0) is 0 Å². The van der Waals surface area contributed by atoms with Gasteiger partial charge in [-0.2, -0.15) is 26.3 Å². The van der Waals surface area contributed by atoms with E-state index in [0.717, 1.165) is 0 Å². The Morgan fingerprint density at radius 1 is 0.947 bits per heavy atom. The molecule has 3 nitrogen and oxygen atoms in total. The van der Waals surface area contributed by atoms with E-state index in [0.29, 0.717) is 0 Å². The second kappa shape index (κ2) is 6.28. The summed E-state index contributed by atoms with van der Waals surface area (Å²) in [5, 5.41) is 0. The molecule has 0 aromatic rings. The maximum Gasteiger partial charge on any atom is 0.591 e. The van der Waals surface area contributed by atoms with E-state index < -0.39 is 41.0 Å². The van der Waals surface area contributed by atoms with Crippen molar-refractivity contribution in [1.82, 2.24) is 0 Å². The third-order valence-corrected chi connectivity index (χ3v) is 2.55. The predicted octanol–water partition coefficient (Wildman–Crippen LogP) is 3.05. The van der Waals surface area contributed by atoms with Crippen molar-refractivity contribution in [3.8, 4) is 0 Å². The highest BCUT2D eigenvalue weighted by Crippen LogP contribution is 2.29. The van der Waals surface area contributed by atoms with Crippen molar-refractivity contribution in [3.05, 3.63) is 0 Å². The van der Waals surface area contributed by atoms with Crippen LogP contribution in [-0.2, 0) is 13.3 Å². The molecule has 0 atom stereocenters. The van der Waals surface area contributed by atoms with E-state index in [-0.39, 0.29) is 6.92 Å². The topological polar surface area (TPSA) is 27.7 Å². The molecule has 0 rings (SSSR count). The number of hydrogen-bond acceptors (Lipinski definition) is 3. The van der Waals surface area contributed by atoms with Gasteiger partial charge in [-0.3, -0.25) is 0 Å². The molecule has 19 heavy (non-hydrogen) atoms. The summed E-state index contributed by atoms with van der Waals surface area (Å²) in [7, 11) is -4.74. The average molecular weight is 325 g/mol. The van der Waals surface area contributed by atoms with Crippen molar-refractivity contribution >= 4 is 9.53 Å². The molecule has 0 spiro atoms. The first-order chi connectivity index (χ1) is 8.29. The molecular formula is C6H6F9O3Si. The van der Waals surface area contributed by atoms with Crippen LogP contribution < -0.4 is 0 Å². The molecule has 0 heterocycles. The van der Waals surface area contributed by atoms with E-state index in [1.807, 2.05) is 0 Å². The van der Waals surface area contributed by atoms with Crippen molar-refractivity contribution in [2.75, 3.05) is 6.67 Å². The SMILES string of the molecule is CC(F)(F)O[Si](OC(F)(F)CF)OC(F)(F)C(F)F. The fourth-order valence-electron chi connectivity index (χ4n) is 0.514. The van der Waals surface area contributed by atoms with Crippen LogP contribution in [0.5, 0.6) is 0 Å². The summed E-state index contributed by atoms with van der Waals surface area (Å²) in [6.45, 7) is -2.65. The minimum Gasteiger partial charge on any atom is -0.311 e. The van der Waals surface area contributed by atoms with E-state index in [2.05, 4.69) is 13.3 Å². The second-order valence-corrected chi connectivity index (χ2v) is 4.11. The largest absolute Gasteiger partial charge is 0.591 e. The first-order valence-electron chi connectivity index (χ1n) is 4.20. The Hall–Kier alpha value is -0.533. The Labute approximate surface area is 102 Å². The van der Waals surface area contributed by atoms with Crippen LogP contribution in [0.15, 0.2) is 0 Å². The summed E-state index contributed by atoms with van der Waals surface area (Å²) in [5.41, 5.74) is 0. The number of alkyl halides is 9. The van der Waals surface area contributed by atoms with Crippen LogP contribution >= 0.6 is 0 Å². The summed E-state index contributed by atoms with van der Waals surface area (Å²) in [6.07, 6.45) is -19.0. The van der Waals surface area contributed by atoms with Crippen LogP contribution in [0.2, 0.25) is 0 Å². The Morgan fingerprint density at radius 3 is 1.74 bits per heavy atom. The van der Waals surface area contributed by atoms with Crippen molar-refractivity contribution < 1.29 is 52.8 Å². The highest BCUT2D eigenvalue weighted by Gasteiger charge is 2.52. The van der Waals surface area contributed by atoms with Gasteiger partial charge in [0.15, 0.2) is 6.67 Å². The Kier molecular flexibility index (Phi) is 6.10. The molecular weight excluding hydrogens is 319 g/mol. The van der Waals surface area contributed by atoms with Crippen molar-refractivity contribution in [2.45, 2.75) is 31.7 Å². The highest BCUT2D eigenvalue weighted by atomic mass is 28.3. The van der Waals surface area contributed by atoms with Gasteiger partial charge in [0.1, 0.15) is 0 Å². The summed E-state index contributed by atoms with van der Waals surface area (Å²) < 4.78 is 118. The number of rotatable bonds is 8. The van der Waals surface area contributed by atoms with Crippen molar-refractivity contribution in [2.24, 2.45) is 0 Å². The summed E-state index contributed by atoms with van der Waals surface area (Å²) in [6, 6.07) is 0. The molecule has 0 aliphatic rings. The molecule has 13 heteroatoms. The normalized spacial score (nSPS) is 14.5. The second-order valence-electron chi connectivity index (χ2n) is 3.00. The van der Waals surface area contributed by atoms with Crippen molar-refractivity contribution in [1.29, 1.82) is 0 Å². The van der Waals surface area contributed by atoms with E-state index in [4.69, 9.17) is 0 Å². The van der Waals surface area contributed by atoms with Gasteiger partial charge in [0, 0.05) is 6.92 Å². The smallest absolute Gasteiger partial charge is 0.311 e. The molecule has 0 aromatic carbocycles. The zero-order chi connectivity index (χ0) is 15.5. The molecule has 1 radical (unpaired) electrons. The maximum atomic E-state index is 12.4. The Morgan fingerprint density at radius 2 is 1.42 bits per heavy atom. The Bertz CT molecular complexity index is 282. The summed E-state index contributed by atoms with van der Waals surface area (Å²) in [5.74, 6) is 0.